The number of aliphatic hydroxyl groups is 1. The first-order valence-corrected chi connectivity index (χ1v) is 14.3. The number of hydrogen-bond donors (Lipinski definition) is 2. The van der Waals surface area contributed by atoms with Crippen molar-refractivity contribution in [2.45, 2.75) is 30.3 Å². The average Bonchev–Trinajstić information content (AvgIpc) is 3.28. The lowest BCUT2D eigenvalue weighted by molar-refractivity contribution is -0.384. The lowest BCUT2D eigenvalue weighted by Crippen LogP contribution is -2.45. The maximum atomic E-state index is 13.5. The van der Waals surface area contributed by atoms with Gasteiger partial charge in [0.15, 0.2) is 4.84 Å². The Hall–Kier alpha value is -4.16. The van der Waals surface area contributed by atoms with Gasteiger partial charge in [0, 0.05) is 33.8 Å². The molecule has 0 saturated carbocycles. The van der Waals surface area contributed by atoms with Gasteiger partial charge in [0.25, 0.3) is 17.5 Å². The number of amides is 1. The number of nitro groups is 1. The molecule has 2 atom stereocenters. The molecule has 0 aliphatic heterocycles. The molecule has 3 aromatic carbocycles. The Morgan fingerprint density at radius 2 is 1.70 bits per heavy atom. The van der Waals surface area contributed by atoms with Gasteiger partial charge in [0.05, 0.1) is 30.0 Å². The number of aromatic nitrogens is 1. The van der Waals surface area contributed by atoms with Gasteiger partial charge in [-0.1, -0.05) is 34.8 Å². The fraction of sp³-hybridized carbons (Fsp3) is 0.233. The van der Waals surface area contributed by atoms with Crippen molar-refractivity contribution in [2.24, 2.45) is 0 Å². The number of rotatable bonds is 11. The highest BCUT2D eigenvalue weighted by Gasteiger charge is 2.28. The van der Waals surface area contributed by atoms with Gasteiger partial charge < -0.3 is 19.9 Å². The SMILES string of the molecule is COc1ccc2c(c1)c(CC(=O)OCC(NC(=O)C(Cl)Cl)C(O)c1ccc([N+](=O)[O-])cc1)c(C)n2C(=O)c1ccc(Cl)cc1. The number of carbonyl (C=O) groups is 3. The molecule has 1 amide bonds. The number of aliphatic hydroxyl groups excluding tert-OH is 1. The van der Waals surface area contributed by atoms with E-state index in [9.17, 15) is 29.6 Å². The molecule has 1 aromatic heterocycles. The number of esters is 1. The van der Waals surface area contributed by atoms with E-state index in [0.717, 1.165) is 0 Å². The predicted molar refractivity (Wildman–Crippen MR) is 165 cm³/mol. The standard InChI is InChI=1S/C30H26Cl3N3O8/c1-16-22(23-13-21(43-2)11-12-25(23)35(16)30(40)18-3-7-19(31)8-4-18)14-26(37)44-15-24(34-29(39)28(32)33)27(38)17-5-9-20(10-6-17)36(41)42/h3-13,24,27-28,38H,14-15H2,1-2H3,(H,34,39). The summed E-state index contributed by atoms with van der Waals surface area (Å²) in [6, 6.07) is 15.3. The number of methoxy groups -OCH3 is 1. The normalized spacial score (nSPS) is 12.5. The summed E-state index contributed by atoms with van der Waals surface area (Å²) < 4.78 is 12.3. The van der Waals surface area contributed by atoms with Gasteiger partial charge >= 0.3 is 5.97 Å². The number of nitro benzene ring substituents is 1. The van der Waals surface area contributed by atoms with Gasteiger partial charge in [0.1, 0.15) is 18.5 Å². The topological polar surface area (TPSA) is 150 Å². The maximum Gasteiger partial charge on any atom is 0.310 e. The summed E-state index contributed by atoms with van der Waals surface area (Å²) in [6.45, 7) is 1.21. The monoisotopic (exact) mass is 661 g/mol. The summed E-state index contributed by atoms with van der Waals surface area (Å²) in [6.07, 6.45) is -1.71. The van der Waals surface area contributed by atoms with Crippen LogP contribution in [0.4, 0.5) is 5.69 Å². The molecule has 0 radical (unpaired) electrons. The van der Waals surface area contributed by atoms with Gasteiger partial charge in [-0.3, -0.25) is 29.1 Å². The van der Waals surface area contributed by atoms with Crippen molar-refractivity contribution in [1.82, 2.24) is 9.88 Å². The highest BCUT2D eigenvalue weighted by molar-refractivity contribution is 6.53. The number of nitrogens with zero attached hydrogens (tertiary/aromatic N) is 2. The number of halogens is 3. The van der Waals surface area contributed by atoms with Crippen LogP contribution >= 0.6 is 34.8 Å². The highest BCUT2D eigenvalue weighted by Crippen LogP contribution is 2.31. The fourth-order valence-electron chi connectivity index (χ4n) is 4.66. The second-order valence-electron chi connectivity index (χ2n) is 9.66. The van der Waals surface area contributed by atoms with Crippen molar-refractivity contribution in [1.29, 1.82) is 0 Å². The molecule has 14 heteroatoms. The van der Waals surface area contributed by atoms with Crippen molar-refractivity contribution in [3.8, 4) is 5.75 Å². The summed E-state index contributed by atoms with van der Waals surface area (Å²) in [5.74, 6) is -1.40. The van der Waals surface area contributed by atoms with Gasteiger partial charge in [-0.05, 0) is 72.6 Å². The van der Waals surface area contributed by atoms with Crippen LogP contribution in [0.1, 0.15) is 33.3 Å². The molecule has 0 aliphatic rings. The van der Waals surface area contributed by atoms with Gasteiger partial charge in [-0.15, -0.1) is 0 Å². The summed E-state index contributed by atoms with van der Waals surface area (Å²) in [7, 11) is 1.49. The molecule has 44 heavy (non-hydrogen) atoms. The van der Waals surface area contributed by atoms with E-state index in [1.54, 1.807) is 49.4 Å². The van der Waals surface area contributed by atoms with E-state index in [1.807, 2.05) is 0 Å². The molecule has 0 aliphatic carbocycles. The van der Waals surface area contributed by atoms with Crippen molar-refractivity contribution in [3.05, 3.63) is 104 Å². The van der Waals surface area contributed by atoms with E-state index in [-0.39, 0.29) is 23.6 Å². The fourth-order valence-corrected chi connectivity index (χ4v) is 4.91. The highest BCUT2D eigenvalue weighted by atomic mass is 35.5. The van der Waals surface area contributed by atoms with Crippen LogP contribution < -0.4 is 10.1 Å². The van der Waals surface area contributed by atoms with Crippen molar-refractivity contribution < 1.29 is 33.9 Å². The van der Waals surface area contributed by atoms with Crippen LogP contribution in [0.2, 0.25) is 5.02 Å². The number of alkyl halides is 2. The minimum Gasteiger partial charge on any atom is -0.497 e. The van der Waals surface area contributed by atoms with E-state index < -0.39 is 40.4 Å². The number of nitrogens with one attached hydrogen (secondary N) is 1. The van der Waals surface area contributed by atoms with E-state index in [4.69, 9.17) is 44.3 Å². The molecule has 4 rings (SSSR count). The molecule has 230 valence electrons. The lowest BCUT2D eigenvalue weighted by Gasteiger charge is -2.24. The summed E-state index contributed by atoms with van der Waals surface area (Å²) in [5.41, 5.74) is 1.94. The Balaban J connectivity index is 1.60. The van der Waals surface area contributed by atoms with E-state index >= 15 is 0 Å². The maximum absolute atomic E-state index is 13.5. The number of benzene rings is 3. The Morgan fingerprint density at radius 3 is 2.30 bits per heavy atom. The average molecular weight is 663 g/mol. The molecule has 0 fully saturated rings. The molecule has 2 N–H and O–H groups in total. The molecule has 0 saturated heterocycles. The third-order valence-corrected chi connectivity index (χ3v) is 7.58. The zero-order valence-electron chi connectivity index (χ0n) is 23.3. The van der Waals surface area contributed by atoms with E-state index in [0.29, 0.717) is 38.5 Å². The van der Waals surface area contributed by atoms with E-state index in [2.05, 4.69) is 5.32 Å². The van der Waals surface area contributed by atoms with Crippen molar-refractivity contribution >= 4 is 69.2 Å². The molecule has 11 nitrogen and oxygen atoms in total. The Morgan fingerprint density at radius 1 is 1.05 bits per heavy atom. The number of hydrogen-bond acceptors (Lipinski definition) is 8. The Kier molecular flexibility index (Phi) is 10.5. The second kappa shape index (κ2) is 14.1. The summed E-state index contributed by atoms with van der Waals surface area (Å²) in [5, 5.41) is 25.4. The van der Waals surface area contributed by atoms with Crippen LogP contribution in [0.3, 0.4) is 0 Å². The molecule has 2 unspecified atom stereocenters. The van der Waals surface area contributed by atoms with Gasteiger partial charge in [0.2, 0.25) is 0 Å². The third kappa shape index (κ3) is 7.31. The summed E-state index contributed by atoms with van der Waals surface area (Å²) in [4.78, 5) is 47.9. The third-order valence-electron chi connectivity index (χ3n) is 6.93. The zero-order valence-corrected chi connectivity index (χ0v) is 25.6. The zero-order chi connectivity index (χ0) is 32.1. The van der Waals surface area contributed by atoms with E-state index in [1.165, 1.54) is 35.9 Å². The molecule has 1 heterocycles. The van der Waals surface area contributed by atoms with Crippen molar-refractivity contribution in [3.63, 3.8) is 0 Å². The first-order valence-electron chi connectivity index (χ1n) is 13.1. The molecular formula is C30H26Cl3N3O8. The molecule has 0 spiro atoms. The van der Waals surface area contributed by atoms with Crippen LogP contribution in [0.25, 0.3) is 10.9 Å². The number of fused-ring (bicyclic) bond motifs is 1. The Bertz CT molecular complexity index is 1710. The molecule has 4 aromatic rings. The smallest absolute Gasteiger partial charge is 0.310 e. The molecular weight excluding hydrogens is 637 g/mol. The van der Waals surface area contributed by atoms with Gasteiger partial charge in [-0.25, -0.2) is 0 Å². The first-order chi connectivity index (χ1) is 20.9. The van der Waals surface area contributed by atoms with Crippen molar-refractivity contribution in [2.75, 3.05) is 13.7 Å². The summed E-state index contributed by atoms with van der Waals surface area (Å²) >= 11 is 17.3. The quantitative estimate of drug-likeness (QED) is 0.0949. The van der Waals surface area contributed by atoms with Crippen LogP contribution in [0.15, 0.2) is 66.7 Å². The first kappa shape index (κ1) is 32.7. The lowest BCUT2D eigenvalue weighted by atomic mass is 10.0. The largest absolute Gasteiger partial charge is 0.497 e. The number of ether oxygens (including phenoxy) is 2. The van der Waals surface area contributed by atoms with Crippen LogP contribution in [0.5, 0.6) is 5.75 Å². The number of carbonyl (C=O) groups excluding carboxylic acids is 3. The minimum atomic E-state index is -1.47. The molecule has 0 bridgehead atoms. The Labute approximate surface area is 266 Å². The predicted octanol–water partition coefficient (Wildman–Crippen LogP) is 5.32. The second-order valence-corrected chi connectivity index (χ2v) is 11.2. The van der Waals surface area contributed by atoms with Crippen LogP contribution in [-0.2, 0) is 20.7 Å². The number of non-ortho nitro benzene ring substituents is 1. The van der Waals surface area contributed by atoms with Crippen LogP contribution in [0, 0.1) is 17.0 Å². The minimum absolute atomic E-state index is 0.199. The van der Waals surface area contributed by atoms with Crippen LogP contribution in [-0.4, -0.2) is 57.0 Å². The van der Waals surface area contributed by atoms with Gasteiger partial charge in [-0.2, -0.15) is 0 Å².